The standard InChI is InChI=1S/C13H14BrNO2/c1-2-3-6-17-13(16)12-8-9-7-10(14)4-5-11(9)15-12/h4-5,7-8,15H,2-3,6H2,1H3. The van der Waals surface area contributed by atoms with E-state index in [1.54, 1.807) is 0 Å². The quantitative estimate of drug-likeness (QED) is 0.687. The predicted molar refractivity (Wildman–Crippen MR) is 71.2 cm³/mol. The summed E-state index contributed by atoms with van der Waals surface area (Å²) in [6.45, 7) is 2.54. The van der Waals surface area contributed by atoms with Crippen LogP contribution in [0.2, 0.25) is 0 Å². The van der Waals surface area contributed by atoms with Gasteiger partial charge in [-0.05, 0) is 30.7 Å². The molecule has 0 bridgehead atoms. The van der Waals surface area contributed by atoms with Crippen LogP contribution < -0.4 is 0 Å². The zero-order valence-electron chi connectivity index (χ0n) is 9.63. The zero-order chi connectivity index (χ0) is 12.3. The van der Waals surface area contributed by atoms with Gasteiger partial charge in [-0.15, -0.1) is 0 Å². The van der Waals surface area contributed by atoms with E-state index in [4.69, 9.17) is 4.74 Å². The van der Waals surface area contributed by atoms with Crippen LogP contribution in [-0.4, -0.2) is 17.6 Å². The minimum absolute atomic E-state index is 0.286. The Hall–Kier alpha value is -1.29. The molecule has 90 valence electrons. The summed E-state index contributed by atoms with van der Waals surface area (Å²) in [6, 6.07) is 7.65. The van der Waals surface area contributed by atoms with Gasteiger partial charge in [0, 0.05) is 15.4 Å². The monoisotopic (exact) mass is 295 g/mol. The van der Waals surface area contributed by atoms with E-state index in [9.17, 15) is 4.79 Å². The Balaban J connectivity index is 2.15. The van der Waals surface area contributed by atoms with E-state index in [0.29, 0.717) is 12.3 Å². The molecule has 0 fully saturated rings. The van der Waals surface area contributed by atoms with E-state index in [0.717, 1.165) is 28.2 Å². The molecule has 1 heterocycles. The van der Waals surface area contributed by atoms with Crippen molar-refractivity contribution in [1.82, 2.24) is 4.98 Å². The number of carbonyl (C=O) groups excluding carboxylic acids is 1. The molecule has 17 heavy (non-hydrogen) atoms. The van der Waals surface area contributed by atoms with Crippen molar-refractivity contribution in [3.63, 3.8) is 0 Å². The van der Waals surface area contributed by atoms with Crippen molar-refractivity contribution in [3.05, 3.63) is 34.4 Å². The number of esters is 1. The third-order valence-electron chi connectivity index (χ3n) is 2.53. The lowest BCUT2D eigenvalue weighted by molar-refractivity contribution is 0.0494. The summed E-state index contributed by atoms with van der Waals surface area (Å²) >= 11 is 3.40. The highest BCUT2D eigenvalue weighted by molar-refractivity contribution is 9.10. The van der Waals surface area contributed by atoms with E-state index in [1.165, 1.54) is 0 Å². The van der Waals surface area contributed by atoms with Gasteiger partial charge in [0.15, 0.2) is 0 Å². The second kappa shape index (κ2) is 5.36. The number of benzene rings is 1. The summed E-state index contributed by atoms with van der Waals surface area (Å²) in [6.07, 6.45) is 1.92. The molecule has 0 atom stereocenters. The molecule has 0 saturated heterocycles. The van der Waals surface area contributed by atoms with Gasteiger partial charge in [0.25, 0.3) is 0 Å². The molecule has 1 aromatic heterocycles. The number of halogens is 1. The van der Waals surface area contributed by atoms with Gasteiger partial charge in [-0.25, -0.2) is 4.79 Å². The first-order valence-corrected chi connectivity index (χ1v) is 6.45. The molecular formula is C13H14BrNO2. The fraction of sp³-hybridized carbons (Fsp3) is 0.308. The molecule has 4 heteroatoms. The summed E-state index contributed by atoms with van der Waals surface area (Å²) < 4.78 is 6.14. The molecule has 2 rings (SSSR count). The lowest BCUT2D eigenvalue weighted by Gasteiger charge is -2.00. The van der Waals surface area contributed by atoms with E-state index < -0.39 is 0 Å². The van der Waals surface area contributed by atoms with Crippen molar-refractivity contribution in [1.29, 1.82) is 0 Å². The largest absolute Gasteiger partial charge is 0.461 e. The number of hydrogen-bond acceptors (Lipinski definition) is 2. The minimum Gasteiger partial charge on any atom is -0.461 e. The second-order valence-electron chi connectivity index (χ2n) is 3.90. The highest BCUT2D eigenvalue weighted by Crippen LogP contribution is 2.20. The molecule has 0 aliphatic heterocycles. The van der Waals surface area contributed by atoms with Crippen molar-refractivity contribution < 1.29 is 9.53 Å². The van der Waals surface area contributed by atoms with Crippen molar-refractivity contribution in [2.75, 3.05) is 6.61 Å². The normalized spacial score (nSPS) is 10.7. The molecule has 0 saturated carbocycles. The number of carbonyl (C=O) groups is 1. The smallest absolute Gasteiger partial charge is 0.354 e. The molecule has 1 N–H and O–H groups in total. The molecule has 0 aliphatic rings. The van der Waals surface area contributed by atoms with Crippen LogP contribution in [0.3, 0.4) is 0 Å². The maximum absolute atomic E-state index is 11.7. The predicted octanol–water partition coefficient (Wildman–Crippen LogP) is 3.89. The van der Waals surface area contributed by atoms with Gasteiger partial charge < -0.3 is 9.72 Å². The van der Waals surface area contributed by atoms with Crippen molar-refractivity contribution in [3.8, 4) is 0 Å². The first-order chi connectivity index (χ1) is 8.20. The summed E-state index contributed by atoms with van der Waals surface area (Å²) in [5, 5.41) is 1.00. The van der Waals surface area contributed by atoms with E-state index >= 15 is 0 Å². The molecule has 2 aromatic rings. The molecule has 0 unspecified atom stereocenters. The van der Waals surface area contributed by atoms with Gasteiger partial charge in [-0.3, -0.25) is 0 Å². The van der Waals surface area contributed by atoms with Gasteiger partial charge >= 0.3 is 5.97 Å². The molecule has 3 nitrogen and oxygen atoms in total. The third-order valence-corrected chi connectivity index (χ3v) is 3.03. The van der Waals surface area contributed by atoms with Gasteiger partial charge in [0.1, 0.15) is 5.69 Å². The Morgan fingerprint density at radius 3 is 3.00 bits per heavy atom. The number of nitrogens with one attached hydrogen (secondary N) is 1. The number of ether oxygens (including phenoxy) is 1. The lowest BCUT2D eigenvalue weighted by atomic mass is 10.2. The van der Waals surface area contributed by atoms with E-state index in [-0.39, 0.29) is 5.97 Å². The number of unbranched alkanes of at least 4 members (excludes halogenated alkanes) is 1. The summed E-state index contributed by atoms with van der Waals surface area (Å²) in [7, 11) is 0. The molecule has 0 aliphatic carbocycles. The first kappa shape index (κ1) is 12.2. The average molecular weight is 296 g/mol. The summed E-state index contributed by atoms with van der Waals surface area (Å²) in [5.74, 6) is -0.286. The van der Waals surface area contributed by atoms with Crippen molar-refractivity contribution in [2.45, 2.75) is 19.8 Å². The third kappa shape index (κ3) is 2.88. The average Bonchev–Trinajstić information content (AvgIpc) is 2.72. The zero-order valence-corrected chi connectivity index (χ0v) is 11.2. The fourth-order valence-corrected chi connectivity index (χ4v) is 1.98. The lowest BCUT2D eigenvalue weighted by Crippen LogP contribution is -2.06. The second-order valence-corrected chi connectivity index (χ2v) is 4.82. The van der Waals surface area contributed by atoms with E-state index in [2.05, 4.69) is 27.8 Å². The first-order valence-electron chi connectivity index (χ1n) is 5.66. The Kier molecular flexibility index (Phi) is 3.84. The fourth-order valence-electron chi connectivity index (χ4n) is 1.60. The van der Waals surface area contributed by atoms with Crippen LogP contribution in [0.25, 0.3) is 10.9 Å². The Labute approximate surface area is 108 Å². The van der Waals surface area contributed by atoms with Gasteiger partial charge in [0.05, 0.1) is 6.61 Å². The van der Waals surface area contributed by atoms with E-state index in [1.807, 2.05) is 24.3 Å². The highest BCUT2D eigenvalue weighted by atomic mass is 79.9. The highest BCUT2D eigenvalue weighted by Gasteiger charge is 2.10. The molecule has 0 radical (unpaired) electrons. The number of H-pyrrole nitrogens is 1. The van der Waals surface area contributed by atoms with Crippen LogP contribution in [0, 0.1) is 0 Å². The number of aromatic nitrogens is 1. The van der Waals surface area contributed by atoms with Crippen LogP contribution in [0.1, 0.15) is 30.3 Å². The van der Waals surface area contributed by atoms with Crippen molar-refractivity contribution >= 4 is 32.8 Å². The maximum atomic E-state index is 11.7. The van der Waals surface area contributed by atoms with Gasteiger partial charge in [-0.1, -0.05) is 29.3 Å². The Morgan fingerprint density at radius 2 is 2.24 bits per heavy atom. The number of rotatable bonds is 4. The topological polar surface area (TPSA) is 42.1 Å². The maximum Gasteiger partial charge on any atom is 0.354 e. The Morgan fingerprint density at radius 1 is 1.41 bits per heavy atom. The van der Waals surface area contributed by atoms with Gasteiger partial charge in [0.2, 0.25) is 0 Å². The van der Waals surface area contributed by atoms with Crippen molar-refractivity contribution in [2.24, 2.45) is 0 Å². The number of hydrogen-bond donors (Lipinski definition) is 1. The van der Waals surface area contributed by atoms with Gasteiger partial charge in [-0.2, -0.15) is 0 Å². The van der Waals surface area contributed by atoms with Crippen LogP contribution >= 0.6 is 15.9 Å². The van der Waals surface area contributed by atoms with Crippen LogP contribution in [0.4, 0.5) is 0 Å². The summed E-state index contributed by atoms with van der Waals surface area (Å²) in [4.78, 5) is 14.8. The number of fused-ring (bicyclic) bond motifs is 1. The minimum atomic E-state index is -0.286. The van der Waals surface area contributed by atoms with Crippen LogP contribution in [0.5, 0.6) is 0 Å². The van der Waals surface area contributed by atoms with Crippen LogP contribution in [-0.2, 0) is 4.74 Å². The molecular weight excluding hydrogens is 282 g/mol. The molecule has 0 amide bonds. The molecule has 1 aromatic carbocycles. The SMILES string of the molecule is CCCCOC(=O)c1cc2cc(Br)ccc2[nH]1. The number of aromatic amines is 1. The summed E-state index contributed by atoms with van der Waals surface area (Å²) in [5.41, 5.74) is 1.45. The van der Waals surface area contributed by atoms with Crippen LogP contribution in [0.15, 0.2) is 28.7 Å². The molecule has 0 spiro atoms. The Bertz CT molecular complexity index is 533.